The number of hydrogen-bond donors (Lipinski definition) is 1. The minimum absolute atomic E-state index is 0.147. The van der Waals surface area contributed by atoms with Gasteiger partial charge in [-0.25, -0.2) is 4.39 Å². The van der Waals surface area contributed by atoms with Crippen molar-refractivity contribution in [2.45, 2.75) is 43.5 Å². The Morgan fingerprint density at radius 3 is 2.83 bits per heavy atom. The third-order valence-corrected chi connectivity index (χ3v) is 4.54. The number of rotatable bonds is 2. The number of amides is 1. The van der Waals surface area contributed by atoms with Gasteiger partial charge in [0.1, 0.15) is 5.82 Å². The summed E-state index contributed by atoms with van der Waals surface area (Å²) in [5, 5.41) is 3.00. The van der Waals surface area contributed by atoms with Crippen LogP contribution in [0.1, 0.15) is 41.6 Å². The molecule has 2 atom stereocenters. The summed E-state index contributed by atoms with van der Waals surface area (Å²) in [4.78, 5) is 12.5. The summed E-state index contributed by atoms with van der Waals surface area (Å²) in [6.45, 7) is 1.82. The van der Waals surface area contributed by atoms with E-state index in [4.69, 9.17) is 0 Å². The summed E-state index contributed by atoms with van der Waals surface area (Å²) in [5.74, 6) is -0.548. The number of hydrogen-bond acceptors (Lipinski definition) is 1. The molecule has 1 N–H and O–H groups in total. The summed E-state index contributed by atoms with van der Waals surface area (Å²) in [6, 6.07) is 4.46. The largest absolute Gasteiger partial charge is 0.348 e. The summed E-state index contributed by atoms with van der Waals surface area (Å²) in [6.07, 6.45) is 4.39. The molecule has 1 aliphatic carbocycles. The second kappa shape index (κ2) is 5.83. The summed E-state index contributed by atoms with van der Waals surface area (Å²) < 4.78 is 13.2. The zero-order valence-electron chi connectivity index (χ0n) is 10.4. The van der Waals surface area contributed by atoms with E-state index in [1.54, 1.807) is 6.07 Å². The molecule has 2 rings (SSSR count). The van der Waals surface area contributed by atoms with Crippen LogP contribution in [-0.2, 0) is 0 Å². The maximum absolute atomic E-state index is 13.2. The van der Waals surface area contributed by atoms with Gasteiger partial charge in [-0.2, -0.15) is 0 Å². The highest BCUT2D eigenvalue weighted by Gasteiger charge is 2.25. The molecule has 4 heteroatoms. The van der Waals surface area contributed by atoms with Crippen LogP contribution in [0.5, 0.6) is 0 Å². The van der Waals surface area contributed by atoms with E-state index < -0.39 is 0 Å². The van der Waals surface area contributed by atoms with Crippen LogP contribution in [0, 0.1) is 12.7 Å². The molecule has 1 aromatic carbocycles. The number of benzene rings is 1. The molecule has 98 valence electrons. The quantitative estimate of drug-likeness (QED) is 0.831. The van der Waals surface area contributed by atoms with Gasteiger partial charge in [0.05, 0.1) is 0 Å². The molecule has 2 nitrogen and oxygen atoms in total. The first-order chi connectivity index (χ1) is 8.58. The van der Waals surface area contributed by atoms with Gasteiger partial charge >= 0.3 is 0 Å². The molecule has 1 fully saturated rings. The fraction of sp³-hybridized carbons (Fsp3) is 0.500. The molecule has 18 heavy (non-hydrogen) atoms. The lowest BCUT2D eigenvalue weighted by Crippen LogP contribution is -2.42. The number of alkyl halides is 1. The van der Waals surface area contributed by atoms with E-state index >= 15 is 0 Å². The molecule has 0 aliphatic heterocycles. The molecule has 1 amide bonds. The standard InChI is InChI=1S/C14H17BrFNO/c1-9-6-7-10(16)8-11(9)14(18)17-13-5-3-2-4-12(13)15/h6-8,12-13H,2-5H2,1H3,(H,17,18). The Morgan fingerprint density at radius 1 is 1.39 bits per heavy atom. The normalized spacial score (nSPS) is 23.7. The van der Waals surface area contributed by atoms with Crippen LogP contribution in [0.15, 0.2) is 18.2 Å². The summed E-state index contributed by atoms with van der Waals surface area (Å²) in [7, 11) is 0. The van der Waals surface area contributed by atoms with Crippen LogP contribution in [0.25, 0.3) is 0 Å². The van der Waals surface area contributed by atoms with Crippen LogP contribution >= 0.6 is 15.9 Å². The topological polar surface area (TPSA) is 29.1 Å². The molecule has 1 saturated carbocycles. The lowest BCUT2D eigenvalue weighted by Gasteiger charge is -2.28. The highest BCUT2D eigenvalue weighted by molar-refractivity contribution is 9.09. The second-order valence-corrected chi connectivity index (χ2v) is 6.02. The van der Waals surface area contributed by atoms with Crippen molar-refractivity contribution >= 4 is 21.8 Å². The van der Waals surface area contributed by atoms with Gasteiger partial charge < -0.3 is 5.32 Å². The van der Waals surface area contributed by atoms with Crippen molar-refractivity contribution in [1.82, 2.24) is 5.32 Å². The Balaban J connectivity index is 2.09. The van der Waals surface area contributed by atoms with Crippen molar-refractivity contribution < 1.29 is 9.18 Å². The summed E-state index contributed by atoms with van der Waals surface area (Å²) >= 11 is 3.60. The molecular weight excluding hydrogens is 297 g/mol. The van der Waals surface area contributed by atoms with E-state index in [0.717, 1.165) is 24.8 Å². The molecule has 2 unspecified atom stereocenters. The van der Waals surface area contributed by atoms with Crippen molar-refractivity contribution in [2.24, 2.45) is 0 Å². The van der Waals surface area contributed by atoms with E-state index in [0.29, 0.717) is 10.4 Å². The second-order valence-electron chi connectivity index (χ2n) is 4.84. The average Bonchev–Trinajstić information content (AvgIpc) is 2.35. The third-order valence-electron chi connectivity index (χ3n) is 3.44. The van der Waals surface area contributed by atoms with E-state index in [1.165, 1.54) is 18.6 Å². The molecule has 1 aromatic rings. The van der Waals surface area contributed by atoms with E-state index in [-0.39, 0.29) is 17.8 Å². The highest BCUT2D eigenvalue weighted by atomic mass is 79.9. The molecule has 1 aliphatic rings. The van der Waals surface area contributed by atoms with Gasteiger partial charge in [0.2, 0.25) is 0 Å². The average molecular weight is 314 g/mol. The Kier molecular flexibility index (Phi) is 4.38. The molecule has 0 bridgehead atoms. The first-order valence-corrected chi connectivity index (χ1v) is 7.20. The van der Waals surface area contributed by atoms with Crippen molar-refractivity contribution in [1.29, 1.82) is 0 Å². The van der Waals surface area contributed by atoms with Gasteiger partial charge in [0, 0.05) is 16.4 Å². The van der Waals surface area contributed by atoms with E-state index in [2.05, 4.69) is 21.2 Å². The van der Waals surface area contributed by atoms with E-state index in [1.807, 2.05) is 6.92 Å². The number of nitrogens with one attached hydrogen (secondary N) is 1. The first-order valence-electron chi connectivity index (χ1n) is 6.29. The van der Waals surface area contributed by atoms with Gasteiger partial charge in [-0.15, -0.1) is 0 Å². The molecule has 0 aromatic heterocycles. The lowest BCUT2D eigenvalue weighted by atomic mass is 9.95. The van der Waals surface area contributed by atoms with Crippen LogP contribution in [0.4, 0.5) is 4.39 Å². The van der Waals surface area contributed by atoms with Gasteiger partial charge in [-0.05, 0) is 37.5 Å². The zero-order chi connectivity index (χ0) is 13.1. The summed E-state index contributed by atoms with van der Waals surface area (Å²) in [5.41, 5.74) is 1.23. The Morgan fingerprint density at radius 2 is 2.11 bits per heavy atom. The number of aryl methyl sites for hydroxylation is 1. The molecule has 0 radical (unpaired) electrons. The van der Waals surface area contributed by atoms with Gasteiger partial charge in [0.15, 0.2) is 0 Å². The van der Waals surface area contributed by atoms with Crippen molar-refractivity contribution in [3.8, 4) is 0 Å². The Labute approximate surface area is 115 Å². The Bertz CT molecular complexity index is 449. The van der Waals surface area contributed by atoms with Crippen LogP contribution < -0.4 is 5.32 Å². The number of halogens is 2. The third kappa shape index (κ3) is 3.10. The monoisotopic (exact) mass is 313 g/mol. The lowest BCUT2D eigenvalue weighted by molar-refractivity contribution is 0.0928. The number of carbonyl (C=O) groups excluding carboxylic acids is 1. The van der Waals surface area contributed by atoms with Crippen molar-refractivity contribution in [2.75, 3.05) is 0 Å². The SMILES string of the molecule is Cc1ccc(F)cc1C(=O)NC1CCCCC1Br. The fourth-order valence-corrected chi connectivity index (χ4v) is 3.05. The van der Waals surface area contributed by atoms with E-state index in [9.17, 15) is 9.18 Å². The maximum Gasteiger partial charge on any atom is 0.251 e. The fourth-order valence-electron chi connectivity index (χ4n) is 2.33. The van der Waals surface area contributed by atoms with Gasteiger partial charge in [0.25, 0.3) is 5.91 Å². The van der Waals surface area contributed by atoms with Crippen LogP contribution in [0.2, 0.25) is 0 Å². The maximum atomic E-state index is 13.2. The van der Waals surface area contributed by atoms with Gasteiger partial charge in [-0.3, -0.25) is 4.79 Å². The highest BCUT2D eigenvalue weighted by Crippen LogP contribution is 2.25. The van der Waals surface area contributed by atoms with Crippen molar-refractivity contribution in [3.05, 3.63) is 35.1 Å². The predicted octanol–water partition coefficient (Wildman–Crippen LogP) is 3.57. The Hall–Kier alpha value is -0.900. The number of carbonyl (C=O) groups is 1. The van der Waals surface area contributed by atoms with Crippen LogP contribution in [-0.4, -0.2) is 16.8 Å². The molecule has 0 heterocycles. The smallest absolute Gasteiger partial charge is 0.251 e. The molecule has 0 saturated heterocycles. The minimum Gasteiger partial charge on any atom is -0.348 e. The van der Waals surface area contributed by atoms with Gasteiger partial charge in [-0.1, -0.05) is 34.8 Å². The predicted molar refractivity (Wildman–Crippen MR) is 73.6 cm³/mol. The van der Waals surface area contributed by atoms with Crippen LogP contribution in [0.3, 0.4) is 0 Å². The first kappa shape index (κ1) is 13.5. The molecular formula is C14H17BrFNO. The molecule has 0 spiro atoms. The van der Waals surface area contributed by atoms with Crippen molar-refractivity contribution in [3.63, 3.8) is 0 Å². The zero-order valence-corrected chi connectivity index (χ0v) is 12.0. The minimum atomic E-state index is -0.371.